The first-order valence-corrected chi connectivity index (χ1v) is 11.4. The van der Waals surface area contributed by atoms with E-state index in [0.717, 1.165) is 63.0 Å². The van der Waals surface area contributed by atoms with Crippen LogP contribution in [0.15, 0.2) is 12.3 Å². The molecule has 1 rings (SSSR count). The lowest BCUT2D eigenvalue weighted by Gasteiger charge is -2.33. The van der Waals surface area contributed by atoms with Crippen LogP contribution in [0.25, 0.3) is 0 Å². The summed E-state index contributed by atoms with van der Waals surface area (Å²) >= 11 is 0. The standard InChI is InChI=1S/C23H45N2O2/c1-4-5-6-7-8-9-10-11-12-14-20-27-21-15-13-19-25(2,3)22-24-18-16-17-23(24)26/h14,20H,4-13,15-19,21-22H2,1-3H3/q+1. The van der Waals surface area contributed by atoms with Gasteiger partial charge in [0.25, 0.3) is 0 Å². The Kier molecular flexibility index (Phi) is 13.3. The van der Waals surface area contributed by atoms with Gasteiger partial charge in [-0.25, -0.2) is 0 Å². The maximum absolute atomic E-state index is 11.8. The first-order valence-electron chi connectivity index (χ1n) is 11.4. The van der Waals surface area contributed by atoms with Crippen molar-refractivity contribution < 1.29 is 14.0 Å². The highest BCUT2D eigenvalue weighted by atomic mass is 16.5. The van der Waals surface area contributed by atoms with Gasteiger partial charge in [-0.1, -0.05) is 51.9 Å². The lowest BCUT2D eigenvalue weighted by atomic mass is 10.1. The smallest absolute Gasteiger partial charge is 0.226 e. The highest BCUT2D eigenvalue weighted by Gasteiger charge is 2.26. The van der Waals surface area contributed by atoms with Crippen LogP contribution in [-0.4, -0.2) is 55.8 Å². The normalized spacial score (nSPS) is 15.2. The summed E-state index contributed by atoms with van der Waals surface area (Å²) in [4.78, 5) is 13.8. The van der Waals surface area contributed by atoms with Crippen LogP contribution in [0.1, 0.15) is 90.4 Å². The van der Waals surface area contributed by atoms with Crippen molar-refractivity contribution >= 4 is 5.91 Å². The number of quaternary nitrogens is 1. The minimum Gasteiger partial charge on any atom is -0.502 e. The molecule has 0 bridgehead atoms. The first kappa shape index (κ1) is 24.0. The predicted octanol–water partition coefficient (Wildman–Crippen LogP) is 5.48. The number of ether oxygens (including phenoxy) is 1. The number of carbonyl (C=O) groups excluding carboxylic acids is 1. The number of unbranched alkanes of at least 4 members (excludes halogenated alkanes) is 9. The third-order valence-corrected chi connectivity index (χ3v) is 5.42. The highest BCUT2D eigenvalue weighted by molar-refractivity contribution is 5.77. The zero-order valence-corrected chi connectivity index (χ0v) is 18.4. The van der Waals surface area contributed by atoms with Crippen molar-refractivity contribution in [2.24, 2.45) is 0 Å². The molecule has 4 heteroatoms. The molecule has 1 saturated heterocycles. The minimum atomic E-state index is 0.325. The molecule has 158 valence electrons. The van der Waals surface area contributed by atoms with Gasteiger partial charge < -0.3 is 9.22 Å². The predicted molar refractivity (Wildman–Crippen MR) is 114 cm³/mol. The van der Waals surface area contributed by atoms with Crippen LogP contribution in [0.5, 0.6) is 0 Å². The molecule has 27 heavy (non-hydrogen) atoms. The molecule has 0 radical (unpaired) electrons. The topological polar surface area (TPSA) is 29.5 Å². The van der Waals surface area contributed by atoms with Gasteiger partial charge in [-0.3, -0.25) is 9.69 Å². The van der Waals surface area contributed by atoms with Crippen LogP contribution in [-0.2, 0) is 9.53 Å². The maximum atomic E-state index is 11.8. The summed E-state index contributed by atoms with van der Waals surface area (Å²) in [7, 11) is 4.44. The fourth-order valence-electron chi connectivity index (χ4n) is 3.71. The van der Waals surface area contributed by atoms with E-state index in [1.807, 2.05) is 11.2 Å². The first-order chi connectivity index (χ1) is 13.0. The second-order valence-electron chi connectivity index (χ2n) is 8.77. The van der Waals surface area contributed by atoms with Gasteiger partial charge in [0.1, 0.15) is 0 Å². The Morgan fingerprint density at radius 1 is 1.00 bits per heavy atom. The van der Waals surface area contributed by atoms with Crippen LogP contribution in [0.3, 0.4) is 0 Å². The van der Waals surface area contributed by atoms with Crippen LogP contribution in [0, 0.1) is 0 Å². The minimum absolute atomic E-state index is 0.325. The number of hydrogen-bond donors (Lipinski definition) is 0. The zero-order valence-electron chi connectivity index (χ0n) is 18.4. The zero-order chi connectivity index (χ0) is 19.8. The fourth-order valence-corrected chi connectivity index (χ4v) is 3.71. The van der Waals surface area contributed by atoms with E-state index in [1.54, 1.807) is 0 Å². The van der Waals surface area contributed by atoms with Gasteiger partial charge in [-0.15, -0.1) is 0 Å². The number of hydrogen-bond acceptors (Lipinski definition) is 2. The molecule has 0 aromatic heterocycles. The molecule has 0 aliphatic carbocycles. The number of nitrogens with zero attached hydrogens (tertiary/aromatic N) is 2. The van der Waals surface area contributed by atoms with Crippen LogP contribution < -0.4 is 0 Å². The second kappa shape index (κ2) is 15.0. The third-order valence-electron chi connectivity index (χ3n) is 5.42. The quantitative estimate of drug-likeness (QED) is 0.190. The Balaban J connectivity index is 1.89. The lowest BCUT2D eigenvalue weighted by Crippen LogP contribution is -2.49. The summed E-state index contributed by atoms with van der Waals surface area (Å²) in [6, 6.07) is 0. The molecule has 1 aliphatic rings. The number of carbonyl (C=O) groups is 1. The van der Waals surface area contributed by atoms with E-state index < -0.39 is 0 Å². The van der Waals surface area contributed by atoms with E-state index in [-0.39, 0.29) is 0 Å². The summed E-state index contributed by atoms with van der Waals surface area (Å²) in [5.74, 6) is 0.325. The molecule has 1 fully saturated rings. The van der Waals surface area contributed by atoms with Gasteiger partial charge in [0.05, 0.1) is 33.5 Å². The van der Waals surface area contributed by atoms with Gasteiger partial charge in [0.15, 0.2) is 6.67 Å². The number of rotatable bonds is 17. The van der Waals surface area contributed by atoms with Gasteiger partial charge >= 0.3 is 0 Å². The molecule has 1 heterocycles. The molecular formula is C23H45N2O2+. The van der Waals surface area contributed by atoms with Crippen molar-refractivity contribution in [3.8, 4) is 0 Å². The molecule has 0 aromatic carbocycles. The monoisotopic (exact) mass is 381 g/mol. The van der Waals surface area contributed by atoms with Crippen LogP contribution >= 0.6 is 0 Å². The van der Waals surface area contributed by atoms with Crippen molar-refractivity contribution in [2.75, 3.05) is 40.5 Å². The Bertz CT molecular complexity index is 407. The summed E-state index contributed by atoms with van der Waals surface area (Å²) in [6.07, 6.45) is 20.2. The number of allylic oxidation sites excluding steroid dienone is 1. The molecule has 0 spiro atoms. The largest absolute Gasteiger partial charge is 0.502 e. The van der Waals surface area contributed by atoms with Crippen LogP contribution in [0.4, 0.5) is 0 Å². The highest BCUT2D eigenvalue weighted by Crippen LogP contribution is 2.13. The molecule has 4 nitrogen and oxygen atoms in total. The Morgan fingerprint density at radius 3 is 2.37 bits per heavy atom. The second-order valence-corrected chi connectivity index (χ2v) is 8.77. The average Bonchev–Trinajstić information content (AvgIpc) is 3.02. The van der Waals surface area contributed by atoms with E-state index in [0.29, 0.717) is 5.91 Å². The van der Waals surface area contributed by atoms with E-state index >= 15 is 0 Å². The molecule has 0 saturated carbocycles. The summed E-state index contributed by atoms with van der Waals surface area (Å²) < 4.78 is 6.51. The van der Waals surface area contributed by atoms with Crippen molar-refractivity contribution in [2.45, 2.75) is 90.4 Å². The van der Waals surface area contributed by atoms with Gasteiger partial charge in [0, 0.05) is 13.0 Å². The lowest BCUT2D eigenvalue weighted by molar-refractivity contribution is -0.899. The Labute approximate surface area is 168 Å². The molecule has 0 aromatic rings. The van der Waals surface area contributed by atoms with Crippen molar-refractivity contribution in [3.05, 3.63) is 12.3 Å². The van der Waals surface area contributed by atoms with Crippen LogP contribution in [0.2, 0.25) is 0 Å². The molecule has 0 unspecified atom stereocenters. The number of likely N-dealkylation sites (tertiary alicyclic amines) is 1. The maximum Gasteiger partial charge on any atom is 0.226 e. The van der Waals surface area contributed by atoms with Gasteiger partial charge in [-0.05, 0) is 38.2 Å². The molecule has 1 aliphatic heterocycles. The summed E-state index contributed by atoms with van der Waals surface area (Å²) in [6.45, 7) is 5.95. The van der Waals surface area contributed by atoms with Gasteiger partial charge in [-0.2, -0.15) is 0 Å². The third kappa shape index (κ3) is 12.9. The average molecular weight is 382 g/mol. The molecule has 1 amide bonds. The van der Waals surface area contributed by atoms with Crippen molar-refractivity contribution in [1.29, 1.82) is 0 Å². The molecular weight excluding hydrogens is 336 g/mol. The summed E-state index contributed by atoms with van der Waals surface area (Å²) in [5, 5.41) is 0. The van der Waals surface area contributed by atoms with Crippen molar-refractivity contribution in [3.63, 3.8) is 0 Å². The molecule has 0 N–H and O–H groups in total. The van der Waals surface area contributed by atoms with E-state index in [1.165, 1.54) is 51.4 Å². The number of amides is 1. The van der Waals surface area contributed by atoms with E-state index in [4.69, 9.17) is 4.74 Å². The SMILES string of the molecule is CCCCCCCCCCC=COCCCC[N+](C)(C)CN1CCCC1=O. The van der Waals surface area contributed by atoms with E-state index in [2.05, 4.69) is 27.1 Å². The molecule has 0 atom stereocenters. The fraction of sp³-hybridized carbons (Fsp3) is 0.870. The Hall–Kier alpha value is -1.03. The van der Waals surface area contributed by atoms with E-state index in [9.17, 15) is 4.79 Å². The van der Waals surface area contributed by atoms with Gasteiger partial charge in [0.2, 0.25) is 5.91 Å². The Morgan fingerprint density at radius 2 is 1.70 bits per heavy atom. The summed E-state index contributed by atoms with van der Waals surface area (Å²) in [5.41, 5.74) is 0. The van der Waals surface area contributed by atoms with Crippen molar-refractivity contribution in [1.82, 2.24) is 4.90 Å².